The second kappa shape index (κ2) is 7.16. The number of hydrogen-bond acceptors (Lipinski definition) is 1. The summed E-state index contributed by atoms with van der Waals surface area (Å²) in [4.78, 5) is 7.12. The molecule has 0 N–H and O–H groups in total. The molecule has 0 unspecified atom stereocenters. The van der Waals surface area contributed by atoms with Gasteiger partial charge < -0.3 is 4.90 Å². The SMILES string of the molecule is CCCCCN1CCCC1=Nc1ccc(Cl)c(Cl)c1. The number of rotatable bonds is 5. The molecule has 2 rings (SSSR count). The minimum Gasteiger partial charge on any atom is -0.360 e. The van der Waals surface area contributed by atoms with E-state index in [9.17, 15) is 0 Å². The lowest BCUT2D eigenvalue weighted by Gasteiger charge is -2.18. The molecule has 0 bridgehead atoms. The Labute approximate surface area is 125 Å². The van der Waals surface area contributed by atoms with Crippen LogP contribution in [0, 0.1) is 0 Å². The quantitative estimate of drug-likeness (QED) is 0.673. The van der Waals surface area contributed by atoms with Gasteiger partial charge in [-0.25, -0.2) is 4.99 Å². The van der Waals surface area contributed by atoms with Crippen molar-refractivity contribution in [2.45, 2.75) is 39.0 Å². The van der Waals surface area contributed by atoms with Crippen LogP contribution >= 0.6 is 23.2 Å². The van der Waals surface area contributed by atoms with Gasteiger partial charge >= 0.3 is 0 Å². The van der Waals surface area contributed by atoms with Crippen LogP contribution in [0.25, 0.3) is 0 Å². The molecule has 1 aliphatic rings. The zero-order valence-electron chi connectivity index (χ0n) is 11.3. The summed E-state index contributed by atoms with van der Waals surface area (Å²) in [6.45, 7) is 4.48. The molecular formula is C15H20Cl2N2. The van der Waals surface area contributed by atoms with Gasteiger partial charge in [-0.05, 0) is 31.0 Å². The molecule has 19 heavy (non-hydrogen) atoms. The van der Waals surface area contributed by atoms with E-state index in [-0.39, 0.29) is 0 Å². The van der Waals surface area contributed by atoms with Crippen molar-refractivity contribution >= 4 is 34.7 Å². The van der Waals surface area contributed by atoms with E-state index in [4.69, 9.17) is 28.2 Å². The third-order valence-electron chi connectivity index (χ3n) is 3.39. The topological polar surface area (TPSA) is 15.6 Å². The zero-order valence-corrected chi connectivity index (χ0v) is 12.8. The lowest BCUT2D eigenvalue weighted by molar-refractivity contribution is 0.434. The van der Waals surface area contributed by atoms with E-state index in [2.05, 4.69) is 11.8 Å². The summed E-state index contributed by atoms with van der Waals surface area (Å²) in [5.41, 5.74) is 0.895. The molecule has 0 amide bonds. The van der Waals surface area contributed by atoms with Crippen LogP contribution in [0.2, 0.25) is 10.0 Å². The second-order valence-corrected chi connectivity index (χ2v) is 5.74. The predicted octanol–water partition coefficient (Wildman–Crippen LogP) is 5.31. The number of benzene rings is 1. The molecule has 0 aliphatic carbocycles. The molecule has 1 aromatic rings. The van der Waals surface area contributed by atoms with Gasteiger partial charge in [-0.3, -0.25) is 0 Å². The highest BCUT2D eigenvalue weighted by atomic mass is 35.5. The number of amidine groups is 1. The molecule has 1 fully saturated rings. The first-order valence-electron chi connectivity index (χ1n) is 6.98. The molecule has 1 aromatic carbocycles. The van der Waals surface area contributed by atoms with Gasteiger partial charge in [0, 0.05) is 19.5 Å². The molecule has 1 saturated heterocycles. The highest BCUT2D eigenvalue weighted by Crippen LogP contribution is 2.27. The number of unbranched alkanes of at least 4 members (excludes halogenated alkanes) is 2. The van der Waals surface area contributed by atoms with E-state index in [1.807, 2.05) is 12.1 Å². The number of nitrogens with zero attached hydrogens (tertiary/aromatic N) is 2. The molecule has 0 spiro atoms. The maximum absolute atomic E-state index is 6.02. The van der Waals surface area contributed by atoms with E-state index >= 15 is 0 Å². The van der Waals surface area contributed by atoms with Crippen LogP contribution in [-0.4, -0.2) is 23.8 Å². The fourth-order valence-corrected chi connectivity index (χ4v) is 2.63. The standard InChI is InChI=1S/C15H20Cl2N2/c1-2-3-4-9-19-10-5-6-15(19)18-12-7-8-13(16)14(17)11-12/h7-8,11H,2-6,9-10H2,1H3. The van der Waals surface area contributed by atoms with Crippen molar-refractivity contribution in [3.8, 4) is 0 Å². The molecule has 1 heterocycles. The molecular weight excluding hydrogens is 279 g/mol. The normalized spacial score (nSPS) is 17.4. The average Bonchev–Trinajstić information content (AvgIpc) is 2.82. The Morgan fingerprint density at radius 1 is 1.21 bits per heavy atom. The summed E-state index contributed by atoms with van der Waals surface area (Å²) in [5, 5.41) is 1.15. The summed E-state index contributed by atoms with van der Waals surface area (Å²) in [6.07, 6.45) is 6.05. The van der Waals surface area contributed by atoms with E-state index in [1.165, 1.54) is 31.5 Å². The van der Waals surface area contributed by atoms with Crippen LogP contribution in [0.15, 0.2) is 23.2 Å². The summed E-state index contributed by atoms with van der Waals surface area (Å²) < 4.78 is 0. The van der Waals surface area contributed by atoms with Gasteiger partial charge in [0.1, 0.15) is 5.84 Å². The van der Waals surface area contributed by atoms with Crippen LogP contribution in [0.4, 0.5) is 5.69 Å². The van der Waals surface area contributed by atoms with Gasteiger partial charge in [-0.2, -0.15) is 0 Å². The number of likely N-dealkylation sites (tertiary alicyclic amines) is 1. The Hall–Kier alpha value is -0.730. The van der Waals surface area contributed by atoms with Crippen molar-refractivity contribution in [1.82, 2.24) is 4.90 Å². The molecule has 1 aliphatic heterocycles. The van der Waals surface area contributed by atoms with Crippen LogP contribution in [-0.2, 0) is 0 Å². The monoisotopic (exact) mass is 298 g/mol. The van der Waals surface area contributed by atoms with Crippen molar-refractivity contribution in [3.63, 3.8) is 0 Å². The highest BCUT2D eigenvalue weighted by Gasteiger charge is 2.17. The summed E-state index contributed by atoms with van der Waals surface area (Å²) >= 11 is 11.9. The Balaban J connectivity index is 2.05. The van der Waals surface area contributed by atoms with E-state index < -0.39 is 0 Å². The summed E-state index contributed by atoms with van der Waals surface area (Å²) in [5.74, 6) is 1.19. The zero-order chi connectivity index (χ0) is 13.7. The van der Waals surface area contributed by atoms with Gasteiger partial charge in [0.25, 0.3) is 0 Å². The third-order valence-corrected chi connectivity index (χ3v) is 4.13. The highest BCUT2D eigenvalue weighted by molar-refractivity contribution is 6.42. The number of aliphatic imine (C=N–C) groups is 1. The fourth-order valence-electron chi connectivity index (χ4n) is 2.34. The molecule has 0 atom stereocenters. The molecule has 0 radical (unpaired) electrons. The van der Waals surface area contributed by atoms with Crippen molar-refractivity contribution in [2.75, 3.05) is 13.1 Å². The first-order valence-corrected chi connectivity index (χ1v) is 7.74. The van der Waals surface area contributed by atoms with E-state index in [0.29, 0.717) is 10.0 Å². The van der Waals surface area contributed by atoms with Gasteiger partial charge in [-0.1, -0.05) is 43.0 Å². The van der Waals surface area contributed by atoms with E-state index in [0.717, 1.165) is 25.2 Å². The van der Waals surface area contributed by atoms with Gasteiger partial charge in [0.15, 0.2) is 0 Å². The Bertz CT molecular complexity index is 457. The van der Waals surface area contributed by atoms with Crippen LogP contribution in [0.3, 0.4) is 0 Å². The molecule has 0 aromatic heterocycles. The fraction of sp³-hybridized carbons (Fsp3) is 0.533. The average molecular weight is 299 g/mol. The minimum atomic E-state index is 0.569. The predicted molar refractivity (Wildman–Crippen MR) is 83.9 cm³/mol. The van der Waals surface area contributed by atoms with Gasteiger partial charge in [-0.15, -0.1) is 0 Å². The van der Waals surface area contributed by atoms with Crippen LogP contribution in [0.1, 0.15) is 39.0 Å². The van der Waals surface area contributed by atoms with Gasteiger partial charge in [0.2, 0.25) is 0 Å². The molecule has 104 valence electrons. The maximum Gasteiger partial charge on any atom is 0.105 e. The largest absolute Gasteiger partial charge is 0.360 e. The van der Waals surface area contributed by atoms with Crippen molar-refractivity contribution in [2.24, 2.45) is 4.99 Å². The molecule has 0 saturated carbocycles. The minimum absolute atomic E-state index is 0.569. The van der Waals surface area contributed by atoms with Crippen molar-refractivity contribution in [1.29, 1.82) is 0 Å². The van der Waals surface area contributed by atoms with Crippen LogP contribution in [0.5, 0.6) is 0 Å². The van der Waals surface area contributed by atoms with Gasteiger partial charge in [0.05, 0.1) is 15.7 Å². The first-order chi connectivity index (χ1) is 9.20. The number of hydrogen-bond donors (Lipinski definition) is 0. The Morgan fingerprint density at radius 2 is 2.05 bits per heavy atom. The smallest absolute Gasteiger partial charge is 0.105 e. The molecule has 4 heteroatoms. The maximum atomic E-state index is 6.02. The molecule has 2 nitrogen and oxygen atoms in total. The second-order valence-electron chi connectivity index (χ2n) is 4.92. The lowest BCUT2D eigenvalue weighted by Crippen LogP contribution is -2.25. The Morgan fingerprint density at radius 3 is 2.79 bits per heavy atom. The Kier molecular flexibility index (Phi) is 5.53. The van der Waals surface area contributed by atoms with E-state index in [1.54, 1.807) is 6.07 Å². The number of halogens is 2. The van der Waals surface area contributed by atoms with Crippen LogP contribution < -0.4 is 0 Å². The third kappa shape index (κ3) is 4.12. The van der Waals surface area contributed by atoms with Crippen molar-refractivity contribution < 1.29 is 0 Å². The summed E-state index contributed by atoms with van der Waals surface area (Å²) in [6, 6.07) is 5.56. The summed E-state index contributed by atoms with van der Waals surface area (Å²) in [7, 11) is 0. The first kappa shape index (κ1) is 14.7. The lowest BCUT2D eigenvalue weighted by atomic mass is 10.2. The van der Waals surface area contributed by atoms with Crippen molar-refractivity contribution in [3.05, 3.63) is 28.2 Å².